The van der Waals surface area contributed by atoms with Crippen LogP contribution in [0.3, 0.4) is 0 Å². The second-order valence-corrected chi connectivity index (χ2v) is 6.01. The van der Waals surface area contributed by atoms with E-state index in [1.165, 1.54) is 0 Å². The minimum absolute atomic E-state index is 0. The largest absolute Gasteiger partial charge is 0.340 e. The average molecular weight is 381 g/mol. The SMILES string of the molecule is CC(NC(=O)c1cccc(Cl)c1Cl)C(=O)N1CCCNCC1.Cl. The lowest BCUT2D eigenvalue weighted by Crippen LogP contribution is -2.48. The Morgan fingerprint density at radius 2 is 2.00 bits per heavy atom. The van der Waals surface area contributed by atoms with Crippen molar-refractivity contribution in [3.63, 3.8) is 0 Å². The first-order valence-electron chi connectivity index (χ1n) is 7.25. The summed E-state index contributed by atoms with van der Waals surface area (Å²) in [4.78, 5) is 26.4. The van der Waals surface area contributed by atoms with E-state index in [-0.39, 0.29) is 28.9 Å². The monoisotopic (exact) mass is 379 g/mol. The van der Waals surface area contributed by atoms with E-state index in [0.717, 1.165) is 19.5 Å². The molecule has 2 rings (SSSR count). The molecule has 1 atom stereocenters. The van der Waals surface area contributed by atoms with Crippen LogP contribution in [0.2, 0.25) is 10.0 Å². The summed E-state index contributed by atoms with van der Waals surface area (Å²) in [5.74, 6) is -0.489. The number of benzene rings is 1. The van der Waals surface area contributed by atoms with E-state index in [2.05, 4.69) is 10.6 Å². The Labute approximate surface area is 152 Å². The molecule has 0 aromatic heterocycles. The number of amides is 2. The van der Waals surface area contributed by atoms with Gasteiger partial charge in [0.05, 0.1) is 15.6 Å². The van der Waals surface area contributed by atoms with Gasteiger partial charge in [-0.1, -0.05) is 29.3 Å². The van der Waals surface area contributed by atoms with Crippen LogP contribution in [-0.4, -0.2) is 48.9 Å². The maximum absolute atomic E-state index is 12.4. The van der Waals surface area contributed by atoms with E-state index in [1.54, 1.807) is 30.0 Å². The number of hydrogen-bond acceptors (Lipinski definition) is 3. The first-order valence-corrected chi connectivity index (χ1v) is 8.00. The van der Waals surface area contributed by atoms with Gasteiger partial charge in [-0.2, -0.15) is 0 Å². The summed E-state index contributed by atoms with van der Waals surface area (Å²) in [5, 5.41) is 6.43. The van der Waals surface area contributed by atoms with Crippen LogP contribution in [0.25, 0.3) is 0 Å². The van der Waals surface area contributed by atoms with Gasteiger partial charge in [-0.05, 0) is 32.0 Å². The van der Waals surface area contributed by atoms with Crippen LogP contribution in [0.15, 0.2) is 18.2 Å². The molecule has 23 heavy (non-hydrogen) atoms. The van der Waals surface area contributed by atoms with Gasteiger partial charge in [0.15, 0.2) is 0 Å². The Hall–Kier alpha value is -1.01. The fourth-order valence-corrected chi connectivity index (χ4v) is 2.74. The maximum atomic E-state index is 12.4. The van der Waals surface area contributed by atoms with Crippen LogP contribution in [-0.2, 0) is 4.79 Å². The van der Waals surface area contributed by atoms with Crippen LogP contribution in [0.5, 0.6) is 0 Å². The highest BCUT2D eigenvalue weighted by Gasteiger charge is 2.24. The van der Waals surface area contributed by atoms with Crippen LogP contribution < -0.4 is 10.6 Å². The quantitative estimate of drug-likeness (QED) is 0.846. The molecule has 5 nitrogen and oxygen atoms in total. The highest BCUT2D eigenvalue weighted by atomic mass is 35.5. The zero-order valence-corrected chi connectivity index (χ0v) is 15.1. The van der Waals surface area contributed by atoms with Crippen molar-refractivity contribution in [1.82, 2.24) is 15.5 Å². The first-order chi connectivity index (χ1) is 10.5. The highest BCUT2D eigenvalue weighted by Crippen LogP contribution is 2.25. The molecule has 1 saturated heterocycles. The number of nitrogens with zero attached hydrogens (tertiary/aromatic N) is 1. The van der Waals surface area contributed by atoms with Gasteiger partial charge in [-0.3, -0.25) is 9.59 Å². The zero-order chi connectivity index (χ0) is 16.1. The molecule has 0 radical (unpaired) electrons. The minimum atomic E-state index is -0.611. The van der Waals surface area contributed by atoms with Gasteiger partial charge < -0.3 is 15.5 Å². The second-order valence-electron chi connectivity index (χ2n) is 5.23. The maximum Gasteiger partial charge on any atom is 0.253 e. The number of carbonyl (C=O) groups excluding carboxylic acids is 2. The molecule has 1 aliphatic rings. The summed E-state index contributed by atoms with van der Waals surface area (Å²) in [6.45, 7) is 4.70. The second kappa shape index (κ2) is 9.33. The lowest BCUT2D eigenvalue weighted by Gasteiger charge is -2.24. The van der Waals surface area contributed by atoms with E-state index in [4.69, 9.17) is 23.2 Å². The molecule has 2 amide bonds. The molecule has 0 saturated carbocycles. The summed E-state index contributed by atoms with van der Waals surface area (Å²) >= 11 is 11.9. The van der Waals surface area contributed by atoms with Crippen molar-refractivity contribution in [2.45, 2.75) is 19.4 Å². The Morgan fingerprint density at radius 1 is 1.26 bits per heavy atom. The van der Waals surface area contributed by atoms with Crippen LogP contribution in [0.4, 0.5) is 0 Å². The van der Waals surface area contributed by atoms with E-state index < -0.39 is 11.9 Å². The van der Waals surface area contributed by atoms with Crippen molar-refractivity contribution >= 4 is 47.4 Å². The van der Waals surface area contributed by atoms with Crippen molar-refractivity contribution in [2.24, 2.45) is 0 Å². The normalized spacial score (nSPS) is 16.0. The predicted molar refractivity (Wildman–Crippen MR) is 94.7 cm³/mol. The van der Waals surface area contributed by atoms with Crippen molar-refractivity contribution in [1.29, 1.82) is 0 Å². The lowest BCUT2D eigenvalue weighted by atomic mass is 10.2. The number of nitrogens with one attached hydrogen (secondary N) is 2. The third kappa shape index (κ3) is 5.24. The van der Waals surface area contributed by atoms with Crippen molar-refractivity contribution < 1.29 is 9.59 Å². The van der Waals surface area contributed by atoms with Crippen LogP contribution in [0.1, 0.15) is 23.7 Å². The fourth-order valence-electron chi connectivity index (χ4n) is 2.36. The summed E-state index contributed by atoms with van der Waals surface area (Å²) in [7, 11) is 0. The third-order valence-electron chi connectivity index (χ3n) is 3.57. The Morgan fingerprint density at radius 3 is 2.74 bits per heavy atom. The minimum Gasteiger partial charge on any atom is -0.340 e. The Kier molecular flexibility index (Phi) is 8.12. The summed E-state index contributed by atoms with van der Waals surface area (Å²) in [6, 6.07) is 4.23. The molecule has 8 heteroatoms. The Balaban J connectivity index is 0.00000264. The summed E-state index contributed by atoms with van der Waals surface area (Å²) in [5.41, 5.74) is 0.270. The molecular weight excluding hydrogens is 361 g/mol. The summed E-state index contributed by atoms with van der Waals surface area (Å²) in [6.07, 6.45) is 0.909. The number of rotatable bonds is 3. The molecule has 0 aliphatic carbocycles. The molecule has 1 aromatic rings. The van der Waals surface area contributed by atoms with Gasteiger partial charge >= 0.3 is 0 Å². The standard InChI is InChI=1S/C15H19Cl2N3O2.ClH/c1-10(15(22)20-8-3-6-18-7-9-20)19-14(21)11-4-2-5-12(16)13(11)17;/h2,4-5,10,18H,3,6-9H2,1H3,(H,19,21);1H. The molecule has 1 aromatic carbocycles. The predicted octanol–water partition coefficient (Wildman–Crippen LogP) is 2.36. The van der Waals surface area contributed by atoms with Gasteiger partial charge in [0, 0.05) is 19.6 Å². The molecular formula is C15H20Cl3N3O2. The van der Waals surface area contributed by atoms with Gasteiger partial charge in [0.1, 0.15) is 6.04 Å². The molecule has 2 N–H and O–H groups in total. The number of halogens is 3. The molecule has 1 unspecified atom stereocenters. The van der Waals surface area contributed by atoms with E-state index in [1.807, 2.05) is 0 Å². The van der Waals surface area contributed by atoms with Gasteiger partial charge in [-0.25, -0.2) is 0 Å². The van der Waals surface area contributed by atoms with Gasteiger partial charge in [0.2, 0.25) is 5.91 Å². The van der Waals surface area contributed by atoms with Crippen LogP contribution >= 0.6 is 35.6 Å². The molecule has 1 heterocycles. The molecule has 0 bridgehead atoms. The summed E-state index contributed by atoms with van der Waals surface area (Å²) < 4.78 is 0. The molecule has 1 aliphatic heterocycles. The molecule has 128 valence electrons. The molecule has 0 spiro atoms. The van der Waals surface area contributed by atoms with Crippen molar-refractivity contribution in [3.05, 3.63) is 33.8 Å². The zero-order valence-electron chi connectivity index (χ0n) is 12.8. The lowest BCUT2D eigenvalue weighted by molar-refractivity contribution is -0.132. The Bertz CT molecular complexity index is 561. The van der Waals surface area contributed by atoms with E-state index in [0.29, 0.717) is 18.1 Å². The first kappa shape index (κ1) is 20.0. The van der Waals surface area contributed by atoms with Crippen molar-refractivity contribution in [3.8, 4) is 0 Å². The highest BCUT2D eigenvalue weighted by molar-refractivity contribution is 6.43. The van der Waals surface area contributed by atoms with Crippen molar-refractivity contribution in [2.75, 3.05) is 26.2 Å². The fraction of sp³-hybridized carbons (Fsp3) is 0.467. The number of carbonyl (C=O) groups is 2. The molecule has 1 fully saturated rings. The topological polar surface area (TPSA) is 61.4 Å². The van der Waals surface area contributed by atoms with Crippen LogP contribution in [0, 0.1) is 0 Å². The van der Waals surface area contributed by atoms with Gasteiger partial charge in [0.25, 0.3) is 5.91 Å². The van der Waals surface area contributed by atoms with Gasteiger partial charge in [-0.15, -0.1) is 12.4 Å². The van der Waals surface area contributed by atoms with E-state index in [9.17, 15) is 9.59 Å². The number of hydrogen-bond donors (Lipinski definition) is 2. The smallest absolute Gasteiger partial charge is 0.253 e. The average Bonchev–Trinajstić information content (AvgIpc) is 2.78. The van der Waals surface area contributed by atoms with E-state index >= 15 is 0 Å². The third-order valence-corrected chi connectivity index (χ3v) is 4.38.